The third-order valence-corrected chi connectivity index (χ3v) is 3.31. The molecular formula is C13H16FN3OS. The van der Waals surface area contributed by atoms with Gasteiger partial charge in [0.1, 0.15) is 5.82 Å². The smallest absolute Gasteiger partial charge is 0.228 e. The molecular weight excluding hydrogens is 265 g/mol. The minimum atomic E-state index is -0.367. The van der Waals surface area contributed by atoms with Crippen molar-refractivity contribution in [2.45, 2.75) is 36.5 Å². The SMILES string of the molecule is CC(C)(N)Cc1nc(CSc2ccc(F)cc2)no1. The van der Waals surface area contributed by atoms with Gasteiger partial charge < -0.3 is 10.3 Å². The van der Waals surface area contributed by atoms with Crippen LogP contribution in [0.1, 0.15) is 25.6 Å². The van der Waals surface area contributed by atoms with Gasteiger partial charge in [-0.3, -0.25) is 0 Å². The average Bonchev–Trinajstić information content (AvgIpc) is 2.73. The van der Waals surface area contributed by atoms with Crippen LogP contribution in [0.3, 0.4) is 0 Å². The highest BCUT2D eigenvalue weighted by atomic mass is 32.2. The molecule has 4 nitrogen and oxygen atoms in total. The monoisotopic (exact) mass is 281 g/mol. The van der Waals surface area contributed by atoms with Crippen LogP contribution in [0, 0.1) is 5.82 Å². The summed E-state index contributed by atoms with van der Waals surface area (Å²) in [5.74, 6) is 1.51. The normalized spacial score (nSPS) is 11.8. The van der Waals surface area contributed by atoms with E-state index in [2.05, 4.69) is 10.1 Å². The van der Waals surface area contributed by atoms with E-state index in [4.69, 9.17) is 10.3 Å². The summed E-state index contributed by atoms with van der Waals surface area (Å²) in [7, 11) is 0. The van der Waals surface area contributed by atoms with E-state index in [0.29, 0.717) is 23.9 Å². The number of nitrogens with zero attached hydrogens (tertiary/aromatic N) is 2. The first-order chi connectivity index (χ1) is 8.92. The van der Waals surface area contributed by atoms with Crippen molar-refractivity contribution in [2.24, 2.45) is 5.73 Å². The van der Waals surface area contributed by atoms with Crippen molar-refractivity contribution >= 4 is 11.8 Å². The first-order valence-corrected chi connectivity index (χ1v) is 6.90. The Kier molecular flexibility index (Phi) is 4.21. The second-order valence-electron chi connectivity index (χ2n) is 5.01. The van der Waals surface area contributed by atoms with E-state index in [1.165, 1.54) is 23.9 Å². The van der Waals surface area contributed by atoms with Crippen molar-refractivity contribution in [2.75, 3.05) is 0 Å². The summed E-state index contributed by atoms with van der Waals surface area (Å²) < 4.78 is 17.9. The van der Waals surface area contributed by atoms with E-state index >= 15 is 0 Å². The number of thioether (sulfide) groups is 1. The minimum Gasteiger partial charge on any atom is -0.339 e. The Bertz CT molecular complexity index is 534. The maximum absolute atomic E-state index is 12.7. The van der Waals surface area contributed by atoms with E-state index in [0.717, 1.165) is 4.90 Å². The van der Waals surface area contributed by atoms with Gasteiger partial charge in [0.2, 0.25) is 5.89 Å². The van der Waals surface area contributed by atoms with Gasteiger partial charge in [-0.2, -0.15) is 4.98 Å². The van der Waals surface area contributed by atoms with Gasteiger partial charge in [0.15, 0.2) is 5.82 Å². The minimum absolute atomic E-state index is 0.239. The van der Waals surface area contributed by atoms with Gasteiger partial charge in [-0.15, -0.1) is 11.8 Å². The summed E-state index contributed by atoms with van der Waals surface area (Å²) in [4.78, 5) is 5.24. The fraction of sp³-hybridized carbons (Fsp3) is 0.385. The summed E-state index contributed by atoms with van der Waals surface area (Å²) in [5, 5.41) is 3.90. The van der Waals surface area contributed by atoms with Crippen LogP contribution >= 0.6 is 11.8 Å². The average molecular weight is 281 g/mol. The highest BCUT2D eigenvalue weighted by molar-refractivity contribution is 7.98. The van der Waals surface area contributed by atoms with Crippen LogP contribution in [0.2, 0.25) is 0 Å². The Labute approximate surface area is 115 Å². The quantitative estimate of drug-likeness (QED) is 0.854. The van der Waals surface area contributed by atoms with Gasteiger partial charge in [0.05, 0.1) is 5.75 Å². The first kappa shape index (κ1) is 14.0. The van der Waals surface area contributed by atoms with Gasteiger partial charge in [-0.1, -0.05) is 5.16 Å². The molecule has 0 unspecified atom stereocenters. The van der Waals surface area contributed by atoms with Crippen molar-refractivity contribution < 1.29 is 8.91 Å². The maximum Gasteiger partial charge on any atom is 0.228 e. The van der Waals surface area contributed by atoms with Crippen LogP contribution in [0.25, 0.3) is 0 Å². The van der Waals surface area contributed by atoms with E-state index < -0.39 is 0 Å². The lowest BCUT2D eigenvalue weighted by atomic mass is 10.0. The van der Waals surface area contributed by atoms with Crippen molar-refractivity contribution in [1.29, 1.82) is 0 Å². The van der Waals surface area contributed by atoms with Gasteiger partial charge in [-0.05, 0) is 38.1 Å². The summed E-state index contributed by atoms with van der Waals surface area (Å²) in [6.07, 6.45) is 0.543. The lowest BCUT2D eigenvalue weighted by Gasteiger charge is -2.14. The molecule has 0 radical (unpaired) electrons. The van der Waals surface area contributed by atoms with Crippen LogP contribution in [0.4, 0.5) is 4.39 Å². The maximum atomic E-state index is 12.7. The lowest BCUT2D eigenvalue weighted by Crippen LogP contribution is -2.34. The highest BCUT2D eigenvalue weighted by Gasteiger charge is 2.17. The Balaban J connectivity index is 1.91. The lowest BCUT2D eigenvalue weighted by molar-refractivity contribution is 0.345. The van der Waals surface area contributed by atoms with Gasteiger partial charge >= 0.3 is 0 Å². The van der Waals surface area contributed by atoms with Crippen molar-refractivity contribution in [3.8, 4) is 0 Å². The zero-order chi connectivity index (χ0) is 13.9. The number of benzene rings is 1. The molecule has 1 heterocycles. The first-order valence-electron chi connectivity index (χ1n) is 5.91. The predicted molar refractivity (Wildman–Crippen MR) is 72.2 cm³/mol. The molecule has 0 aliphatic carbocycles. The van der Waals surface area contributed by atoms with Crippen LogP contribution in [0.15, 0.2) is 33.7 Å². The number of nitrogens with two attached hydrogens (primary N) is 1. The molecule has 0 saturated carbocycles. The molecule has 0 aliphatic rings. The molecule has 0 spiro atoms. The molecule has 2 aromatic rings. The van der Waals surface area contributed by atoms with E-state index in [1.807, 2.05) is 13.8 Å². The van der Waals surface area contributed by atoms with Crippen molar-refractivity contribution in [3.05, 3.63) is 41.8 Å². The summed E-state index contributed by atoms with van der Waals surface area (Å²) >= 11 is 1.53. The van der Waals surface area contributed by atoms with E-state index in [9.17, 15) is 4.39 Å². The molecule has 0 amide bonds. The third-order valence-electron chi connectivity index (χ3n) is 2.30. The Morgan fingerprint density at radius 3 is 2.63 bits per heavy atom. The van der Waals surface area contributed by atoms with Crippen LogP contribution < -0.4 is 5.73 Å². The molecule has 1 aromatic heterocycles. The largest absolute Gasteiger partial charge is 0.339 e. The van der Waals surface area contributed by atoms with E-state index in [-0.39, 0.29) is 11.4 Å². The molecule has 0 bridgehead atoms. The molecule has 0 fully saturated rings. The standard InChI is InChI=1S/C13H16FN3OS/c1-13(2,15)7-12-16-11(17-18-12)8-19-10-5-3-9(14)4-6-10/h3-6H,7-8,15H2,1-2H3. The summed E-state index contributed by atoms with van der Waals surface area (Å²) in [6, 6.07) is 6.32. The van der Waals surface area contributed by atoms with Gasteiger partial charge in [-0.25, -0.2) is 4.39 Å². The number of rotatable bonds is 5. The van der Waals surface area contributed by atoms with Crippen molar-refractivity contribution in [3.63, 3.8) is 0 Å². The number of hydrogen-bond acceptors (Lipinski definition) is 5. The molecule has 0 atom stereocenters. The summed E-state index contributed by atoms with van der Waals surface area (Å²) in [5.41, 5.74) is 5.52. The molecule has 1 aromatic carbocycles. The molecule has 102 valence electrons. The molecule has 6 heteroatoms. The van der Waals surface area contributed by atoms with Crippen molar-refractivity contribution in [1.82, 2.24) is 10.1 Å². The van der Waals surface area contributed by atoms with Crippen LogP contribution in [0.5, 0.6) is 0 Å². The zero-order valence-corrected chi connectivity index (χ0v) is 11.7. The Hall–Kier alpha value is -1.40. The van der Waals surface area contributed by atoms with Crippen LogP contribution in [-0.2, 0) is 12.2 Å². The molecule has 19 heavy (non-hydrogen) atoms. The number of halogens is 1. The second-order valence-corrected chi connectivity index (χ2v) is 6.06. The van der Waals surface area contributed by atoms with Gasteiger partial charge in [0.25, 0.3) is 0 Å². The fourth-order valence-corrected chi connectivity index (χ4v) is 2.23. The Morgan fingerprint density at radius 2 is 2.00 bits per heavy atom. The summed E-state index contributed by atoms with van der Waals surface area (Å²) in [6.45, 7) is 3.81. The zero-order valence-electron chi connectivity index (χ0n) is 10.9. The van der Waals surface area contributed by atoms with Gasteiger partial charge in [0, 0.05) is 16.9 Å². The number of aromatic nitrogens is 2. The molecule has 0 saturated heterocycles. The third kappa shape index (κ3) is 4.65. The predicted octanol–water partition coefficient (Wildman–Crippen LogP) is 2.78. The van der Waals surface area contributed by atoms with Crippen LogP contribution in [-0.4, -0.2) is 15.7 Å². The van der Waals surface area contributed by atoms with E-state index in [1.54, 1.807) is 12.1 Å². The second kappa shape index (κ2) is 5.71. The number of hydrogen-bond donors (Lipinski definition) is 1. The fourth-order valence-electron chi connectivity index (χ4n) is 1.49. The Morgan fingerprint density at radius 1 is 1.32 bits per heavy atom. The topological polar surface area (TPSA) is 64.9 Å². The molecule has 2 N–H and O–H groups in total. The highest BCUT2D eigenvalue weighted by Crippen LogP contribution is 2.22. The molecule has 0 aliphatic heterocycles. The molecule has 2 rings (SSSR count).